The second kappa shape index (κ2) is 5.21. The fourth-order valence-corrected chi connectivity index (χ4v) is 3.06. The van der Waals surface area contributed by atoms with E-state index < -0.39 is 10.0 Å². The van der Waals surface area contributed by atoms with Gasteiger partial charge in [0.05, 0.1) is 11.0 Å². The highest BCUT2D eigenvalue weighted by Crippen LogP contribution is 2.20. The number of pyridine rings is 1. The fourth-order valence-electron chi connectivity index (χ4n) is 1.94. The molecule has 0 amide bonds. The van der Waals surface area contributed by atoms with Gasteiger partial charge in [-0.1, -0.05) is 0 Å². The summed E-state index contributed by atoms with van der Waals surface area (Å²) in [4.78, 5) is 3.91. The first-order valence-corrected chi connectivity index (χ1v) is 7.30. The first kappa shape index (κ1) is 13.3. The van der Waals surface area contributed by atoms with Crippen LogP contribution >= 0.6 is 0 Å². The summed E-state index contributed by atoms with van der Waals surface area (Å²) in [5, 5.41) is 0. The van der Waals surface area contributed by atoms with Gasteiger partial charge in [0, 0.05) is 31.3 Å². The molecule has 0 radical (unpaired) electrons. The van der Waals surface area contributed by atoms with Crippen molar-refractivity contribution in [3.05, 3.63) is 18.3 Å². The average molecular weight is 271 g/mol. The van der Waals surface area contributed by atoms with Crippen LogP contribution in [0.4, 0.5) is 5.82 Å². The van der Waals surface area contributed by atoms with Gasteiger partial charge in [0.2, 0.25) is 10.0 Å². The number of anilines is 1. The maximum absolute atomic E-state index is 12.0. The minimum Gasteiger partial charge on any atom is -0.384 e. The van der Waals surface area contributed by atoms with Crippen molar-refractivity contribution in [3.8, 4) is 0 Å². The van der Waals surface area contributed by atoms with Crippen molar-refractivity contribution in [3.63, 3.8) is 0 Å². The van der Waals surface area contributed by atoms with E-state index in [4.69, 9.17) is 10.5 Å². The molecule has 6 nitrogen and oxygen atoms in total. The number of nitrogens with two attached hydrogens (primary N) is 1. The highest BCUT2D eigenvalue weighted by Gasteiger charge is 2.26. The molecule has 1 aromatic rings. The van der Waals surface area contributed by atoms with Crippen LogP contribution in [0.15, 0.2) is 23.2 Å². The van der Waals surface area contributed by atoms with Crippen LogP contribution in [0.3, 0.4) is 0 Å². The molecule has 100 valence electrons. The van der Waals surface area contributed by atoms with Crippen LogP contribution in [0.1, 0.15) is 13.3 Å². The third kappa shape index (κ3) is 2.98. The summed E-state index contributed by atoms with van der Waals surface area (Å²) in [6, 6.07) is 2.77. The normalized spacial score (nSPS) is 24.3. The van der Waals surface area contributed by atoms with E-state index in [9.17, 15) is 8.42 Å². The summed E-state index contributed by atoms with van der Waals surface area (Å²) in [6.07, 6.45) is 2.35. The summed E-state index contributed by atoms with van der Waals surface area (Å²) in [5.74, 6) is 0.411. The summed E-state index contributed by atoms with van der Waals surface area (Å²) in [7, 11) is -3.52. The second-order valence-corrected chi connectivity index (χ2v) is 6.16. The Hall–Kier alpha value is -1.18. The molecule has 0 aliphatic carbocycles. The monoisotopic (exact) mass is 271 g/mol. The van der Waals surface area contributed by atoms with Crippen LogP contribution in [-0.4, -0.2) is 32.7 Å². The average Bonchev–Trinajstić information content (AvgIpc) is 2.72. The van der Waals surface area contributed by atoms with E-state index in [0.717, 1.165) is 6.42 Å². The number of hydrogen-bond acceptors (Lipinski definition) is 5. The Balaban J connectivity index is 2.03. The van der Waals surface area contributed by atoms with Gasteiger partial charge in [-0.15, -0.1) is 0 Å². The molecule has 2 atom stereocenters. The standard InChI is InChI=1S/C11H17N3O3S/c1-8-9(3-5-17-8)7-14-18(15,16)10-2-4-13-11(12)6-10/h2,4,6,8-9,14H,3,5,7H2,1H3,(H2,12,13). The molecule has 1 aromatic heterocycles. The molecule has 18 heavy (non-hydrogen) atoms. The lowest BCUT2D eigenvalue weighted by atomic mass is 10.0. The number of nitrogen functional groups attached to an aromatic ring is 1. The van der Waals surface area contributed by atoms with Crippen molar-refractivity contribution >= 4 is 15.8 Å². The van der Waals surface area contributed by atoms with Gasteiger partial charge in [0.1, 0.15) is 5.82 Å². The van der Waals surface area contributed by atoms with Gasteiger partial charge in [-0.3, -0.25) is 0 Å². The molecule has 0 bridgehead atoms. The highest BCUT2D eigenvalue weighted by atomic mass is 32.2. The van der Waals surface area contributed by atoms with E-state index >= 15 is 0 Å². The quantitative estimate of drug-likeness (QED) is 0.825. The van der Waals surface area contributed by atoms with Crippen molar-refractivity contribution in [2.24, 2.45) is 5.92 Å². The lowest BCUT2D eigenvalue weighted by molar-refractivity contribution is 0.107. The summed E-state index contributed by atoms with van der Waals surface area (Å²) in [6.45, 7) is 3.03. The molecule has 0 saturated carbocycles. The SMILES string of the molecule is CC1OCCC1CNS(=O)(=O)c1ccnc(N)c1. The van der Waals surface area contributed by atoms with Gasteiger partial charge in [-0.2, -0.15) is 0 Å². The van der Waals surface area contributed by atoms with Crippen LogP contribution in [0.5, 0.6) is 0 Å². The Morgan fingerprint density at radius 3 is 3.00 bits per heavy atom. The summed E-state index contributed by atoms with van der Waals surface area (Å²) in [5.41, 5.74) is 5.47. The van der Waals surface area contributed by atoms with E-state index in [-0.39, 0.29) is 22.7 Å². The van der Waals surface area contributed by atoms with E-state index in [2.05, 4.69) is 9.71 Å². The maximum Gasteiger partial charge on any atom is 0.240 e. The molecule has 7 heteroatoms. The molecule has 3 N–H and O–H groups in total. The third-order valence-corrected chi connectivity index (χ3v) is 4.55. The Morgan fingerprint density at radius 1 is 1.61 bits per heavy atom. The van der Waals surface area contributed by atoms with E-state index in [1.807, 2.05) is 6.92 Å². The van der Waals surface area contributed by atoms with E-state index in [1.54, 1.807) is 0 Å². The van der Waals surface area contributed by atoms with Crippen LogP contribution in [-0.2, 0) is 14.8 Å². The van der Waals surface area contributed by atoms with Crippen LogP contribution < -0.4 is 10.5 Å². The number of sulfonamides is 1. The van der Waals surface area contributed by atoms with Crippen LogP contribution in [0.25, 0.3) is 0 Å². The molecule has 2 rings (SSSR count). The van der Waals surface area contributed by atoms with E-state index in [1.165, 1.54) is 18.3 Å². The van der Waals surface area contributed by atoms with Gasteiger partial charge in [0.25, 0.3) is 0 Å². The van der Waals surface area contributed by atoms with Crippen LogP contribution in [0.2, 0.25) is 0 Å². The number of ether oxygens (including phenoxy) is 1. The van der Waals surface area contributed by atoms with Crippen molar-refractivity contribution in [2.75, 3.05) is 18.9 Å². The first-order chi connectivity index (χ1) is 8.49. The maximum atomic E-state index is 12.0. The summed E-state index contributed by atoms with van der Waals surface area (Å²) >= 11 is 0. The highest BCUT2D eigenvalue weighted by molar-refractivity contribution is 7.89. The number of nitrogens with one attached hydrogen (secondary N) is 1. The Morgan fingerprint density at radius 2 is 2.39 bits per heavy atom. The Labute approximate surface area is 107 Å². The molecule has 1 aliphatic heterocycles. The predicted octanol–water partition coefficient (Wildman–Crippen LogP) is 0.367. The minimum atomic E-state index is -3.52. The first-order valence-electron chi connectivity index (χ1n) is 5.82. The second-order valence-electron chi connectivity index (χ2n) is 4.39. The Kier molecular flexibility index (Phi) is 3.84. The molecular weight excluding hydrogens is 254 g/mol. The summed E-state index contributed by atoms with van der Waals surface area (Å²) < 4.78 is 32.0. The molecule has 1 fully saturated rings. The lowest BCUT2D eigenvalue weighted by Gasteiger charge is -2.14. The van der Waals surface area contributed by atoms with Crippen LogP contribution in [0, 0.1) is 5.92 Å². The molecule has 0 spiro atoms. The largest absolute Gasteiger partial charge is 0.384 e. The topological polar surface area (TPSA) is 94.3 Å². The molecule has 1 saturated heterocycles. The molecular formula is C11H17N3O3S. The lowest BCUT2D eigenvalue weighted by Crippen LogP contribution is -2.32. The molecule has 0 aromatic carbocycles. The molecule has 2 unspecified atom stereocenters. The number of aromatic nitrogens is 1. The van der Waals surface area contributed by atoms with Crippen molar-refractivity contribution in [1.29, 1.82) is 0 Å². The van der Waals surface area contributed by atoms with E-state index in [0.29, 0.717) is 13.2 Å². The predicted molar refractivity (Wildman–Crippen MR) is 67.4 cm³/mol. The Bertz CT molecular complexity index is 518. The smallest absolute Gasteiger partial charge is 0.240 e. The van der Waals surface area contributed by atoms with Gasteiger partial charge in [0.15, 0.2) is 0 Å². The molecule has 2 heterocycles. The van der Waals surface area contributed by atoms with Crippen molar-refractivity contribution in [2.45, 2.75) is 24.3 Å². The van der Waals surface area contributed by atoms with Gasteiger partial charge >= 0.3 is 0 Å². The van der Waals surface area contributed by atoms with Gasteiger partial charge in [-0.25, -0.2) is 18.1 Å². The van der Waals surface area contributed by atoms with Crippen molar-refractivity contribution < 1.29 is 13.2 Å². The number of hydrogen-bond donors (Lipinski definition) is 2. The number of rotatable bonds is 4. The third-order valence-electron chi connectivity index (χ3n) is 3.13. The molecule has 1 aliphatic rings. The zero-order valence-corrected chi connectivity index (χ0v) is 11.0. The van der Waals surface area contributed by atoms with Gasteiger partial charge < -0.3 is 10.5 Å². The zero-order valence-electron chi connectivity index (χ0n) is 10.2. The number of nitrogens with zero attached hydrogens (tertiary/aromatic N) is 1. The van der Waals surface area contributed by atoms with Gasteiger partial charge in [-0.05, 0) is 19.4 Å². The fraction of sp³-hybridized carbons (Fsp3) is 0.545. The van der Waals surface area contributed by atoms with Crippen molar-refractivity contribution in [1.82, 2.24) is 9.71 Å². The zero-order chi connectivity index (χ0) is 13.2. The minimum absolute atomic E-state index is 0.0928.